The maximum Gasteiger partial charge on any atom is 0.325 e. The van der Waals surface area contributed by atoms with Crippen LogP contribution >= 0.6 is 0 Å². The first-order chi connectivity index (χ1) is 11.7. The van der Waals surface area contributed by atoms with Crippen molar-refractivity contribution in [2.24, 2.45) is 0 Å². The van der Waals surface area contributed by atoms with Crippen molar-refractivity contribution in [1.82, 2.24) is 10.2 Å². The van der Waals surface area contributed by atoms with E-state index in [0.717, 1.165) is 16.0 Å². The Bertz CT molecular complexity index is 821. The van der Waals surface area contributed by atoms with Crippen LogP contribution < -0.4 is 5.32 Å². The van der Waals surface area contributed by atoms with Crippen LogP contribution in [-0.2, 0) is 10.3 Å². The minimum absolute atomic E-state index is 0.108. The Morgan fingerprint density at radius 2 is 1.80 bits per heavy atom. The number of rotatable bonds is 4. The lowest BCUT2D eigenvalue weighted by molar-refractivity contribution is -0.132. The van der Waals surface area contributed by atoms with Crippen molar-refractivity contribution in [1.29, 1.82) is 0 Å². The lowest BCUT2D eigenvalue weighted by Gasteiger charge is -2.21. The number of benzene rings is 1. The summed E-state index contributed by atoms with van der Waals surface area (Å²) >= 11 is 0. The molecule has 1 aliphatic rings. The normalized spacial score (nSPS) is 21.6. The molecule has 6 nitrogen and oxygen atoms in total. The van der Waals surface area contributed by atoms with Crippen molar-refractivity contribution in [2.75, 3.05) is 6.54 Å². The zero-order chi connectivity index (χ0) is 18.4. The number of imide groups is 1. The Morgan fingerprint density at radius 1 is 1.16 bits per heavy atom. The molecular weight excluding hydrogens is 320 g/mol. The van der Waals surface area contributed by atoms with E-state index in [-0.39, 0.29) is 6.54 Å². The second-order valence-electron chi connectivity index (χ2n) is 6.82. The first-order valence-corrected chi connectivity index (χ1v) is 8.18. The number of amides is 3. The number of furan rings is 1. The molecule has 0 aliphatic carbocycles. The van der Waals surface area contributed by atoms with Crippen LogP contribution in [0.2, 0.25) is 0 Å². The highest BCUT2D eigenvalue weighted by Gasteiger charge is 2.51. The molecule has 3 amide bonds. The van der Waals surface area contributed by atoms with Gasteiger partial charge in [-0.2, -0.15) is 0 Å². The highest BCUT2D eigenvalue weighted by Crippen LogP contribution is 2.31. The molecule has 3 rings (SSSR count). The molecule has 25 heavy (non-hydrogen) atoms. The third kappa shape index (κ3) is 3.05. The average molecular weight is 342 g/mol. The van der Waals surface area contributed by atoms with Crippen LogP contribution in [0, 0.1) is 20.8 Å². The molecule has 1 saturated heterocycles. The van der Waals surface area contributed by atoms with E-state index in [9.17, 15) is 14.7 Å². The third-order valence-electron chi connectivity index (χ3n) is 4.49. The van der Waals surface area contributed by atoms with Gasteiger partial charge in [0.2, 0.25) is 0 Å². The fraction of sp³-hybridized carbons (Fsp3) is 0.368. The van der Waals surface area contributed by atoms with Crippen molar-refractivity contribution >= 4 is 11.9 Å². The number of aliphatic hydroxyl groups excluding tert-OH is 1. The van der Waals surface area contributed by atoms with Crippen LogP contribution in [0.1, 0.15) is 41.2 Å². The average Bonchev–Trinajstić information content (AvgIpc) is 3.05. The van der Waals surface area contributed by atoms with E-state index in [1.54, 1.807) is 26.0 Å². The van der Waals surface area contributed by atoms with Gasteiger partial charge in [0, 0.05) is 0 Å². The lowest BCUT2D eigenvalue weighted by atomic mass is 9.98. The van der Waals surface area contributed by atoms with Gasteiger partial charge in [0.25, 0.3) is 5.91 Å². The number of hydrogen-bond acceptors (Lipinski definition) is 4. The Hall–Kier alpha value is -2.60. The predicted octanol–water partition coefficient (Wildman–Crippen LogP) is 2.71. The summed E-state index contributed by atoms with van der Waals surface area (Å²) in [5, 5.41) is 13.2. The summed E-state index contributed by atoms with van der Waals surface area (Å²) in [7, 11) is 0. The molecule has 2 N–H and O–H groups in total. The monoisotopic (exact) mass is 342 g/mol. The zero-order valence-corrected chi connectivity index (χ0v) is 14.8. The molecule has 2 unspecified atom stereocenters. The SMILES string of the molecule is Cc1cc(C)cc(C(O)CN2C(=O)NC(C)(c3ccc(C)o3)C2=O)c1. The number of urea groups is 1. The van der Waals surface area contributed by atoms with Gasteiger partial charge in [-0.3, -0.25) is 9.69 Å². The van der Waals surface area contributed by atoms with Crippen LogP contribution in [0.3, 0.4) is 0 Å². The molecule has 1 aromatic heterocycles. The number of nitrogens with zero attached hydrogens (tertiary/aromatic N) is 1. The highest BCUT2D eigenvalue weighted by molar-refractivity contribution is 6.06. The molecule has 6 heteroatoms. The van der Waals surface area contributed by atoms with Crippen LogP contribution in [0.4, 0.5) is 4.79 Å². The summed E-state index contributed by atoms with van der Waals surface area (Å²) < 4.78 is 5.53. The van der Waals surface area contributed by atoms with Crippen LogP contribution in [0.15, 0.2) is 34.7 Å². The van der Waals surface area contributed by atoms with Crippen LogP contribution in [-0.4, -0.2) is 28.5 Å². The molecule has 132 valence electrons. The van der Waals surface area contributed by atoms with Crippen molar-refractivity contribution in [2.45, 2.75) is 39.3 Å². The Morgan fingerprint density at radius 3 is 2.36 bits per heavy atom. The third-order valence-corrected chi connectivity index (χ3v) is 4.49. The van der Waals surface area contributed by atoms with Gasteiger partial charge in [-0.25, -0.2) is 4.79 Å². The standard InChI is InChI=1S/C19H22N2O4/c1-11-7-12(2)9-14(8-11)15(22)10-21-17(23)19(4,20-18(21)24)16-6-5-13(3)25-16/h5-9,15,22H,10H2,1-4H3,(H,20,24). The van der Waals surface area contributed by atoms with E-state index in [1.807, 2.05) is 32.0 Å². The van der Waals surface area contributed by atoms with Gasteiger partial charge in [0.05, 0.1) is 12.6 Å². The van der Waals surface area contributed by atoms with Gasteiger partial charge in [0.1, 0.15) is 11.5 Å². The smallest absolute Gasteiger partial charge is 0.325 e. The van der Waals surface area contributed by atoms with Crippen molar-refractivity contribution in [3.05, 3.63) is 58.5 Å². The fourth-order valence-corrected chi connectivity index (χ4v) is 3.21. The molecule has 1 fully saturated rings. The van der Waals surface area contributed by atoms with E-state index >= 15 is 0 Å². The first-order valence-electron chi connectivity index (χ1n) is 8.18. The highest BCUT2D eigenvalue weighted by atomic mass is 16.3. The second kappa shape index (κ2) is 6.04. The lowest BCUT2D eigenvalue weighted by Crippen LogP contribution is -2.41. The molecule has 0 spiro atoms. The van der Waals surface area contributed by atoms with Crippen LogP contribution in [0.5, 0.6) is 0 Å². The van der Waals surface area contributed by atoms with Gasteiger partial charge in [0.15, 0.2) is 5.54 Å². The number of hydrogen-bond donors (Lipinski definition) is 2. The zero-order valence-electron chi connectivity index (χ0n) is 14.8. The number of aryl methyl sites for hydroxylation is 3. The molecule has 2 heterocycles. The van der Waals surface area contributed by atoms with E-state index in [0.29, 0.717) is 17.1 Å². The summed E-state index contributed by atoms with van der Waals surface area (Å²) in [5.74, 6) is 0.606. The van der Waals surface area contributed by atoms with Gasteiger partial charge in [-0.05, 0) is 45.4 Å². The maximum absolute atomic E-state index is 12.8. The molecule has 0 radical (unpaired) electrons. The van der Waals surface area contributed by atoms with Crippen molar-refractivity contribution in [3.8, 4) is 0 Å². The topological polar surface area (TPSA) is 82.8 Å². The summed E-state index contributed by atoms with van der Waals surface area (Å²) in [4.78, 5) is 26.2. The van der Waals surface area contributed by atoms with Crippen molar-refractivity contribution < 1.29 is 19.1 Å². The summed E-state index contributed by atoms with van der Waals surface area (Å²) in [6, 6.07) is 8.59. The second-order valence-corrected chi connectivity index (χ2v) is 6.82. The van der Waals surface area contributed by atoms with Gasteiger partial charge >= 0.3 is 6.03 Å². The molecular formula is C19H22N2O4. The number of carbonyl (C=O) groups excluding carboxylic acids is 2. The minimum Gasteiger partial charge on any atom is -0.463 e. The van der Waals surface area contributed by atoms with Crippen molar-refractivity contribution in [3.63, 3.8) is 0 Å². The Labute approximate surface area is 146 Å². The Balaban J connectivity index is 1.83. The number of nitrogens with one attached hydrogen (secondary N) is 1. The van der Waals surface area contributed by atoms with Gasteiger partial charge < -0.3 is 14.8 Å². The molecule has 2 aromatic rings. The molecule has 0 saturated carbocycles. The van der Waals surface area contributed by atoms with E-state index < -0.39 is 23.6 Å². The minimum atomic E-state index is -1.26. The Kier molecular flexibility index (Phi) is 4.16. The quantitative estimate of drug-likeness (QED) is 0.837. The molecule has 0 bridgehead atoms. The largest absolute Gasteiger partial charge is 0.463 e. The van der Waals surface area contributed by atoms with Gasteiger partial charge in [-0.1, -0.05) is 29.3 Å². The van der Waals surface area contributed by atoms with E-state index in [1.165, 1.54) is 0 Å². The van der Waals surface area contributed by atoms with Gasteiger partial charge in [-0.15, -0.1) is 0 Å². The fourth-order valence-electron chi connectivity index (χ4n) is 3.21. The number of carbonyl (C=O) groups is 2. The molecule has 1 aliphatic heterocycles. The summed E-state index contributed by atoms with van der Waals surface area (Å²) in [6.45, 7) is 7.15. The summed E-state index contributed by atoms with van der Waals surface area (Å²) in [6.07, 6.45) is -0.950. The first kappa shape index (κ1) is 17.2. The number of aliphatic hydroxyl groups is 1. The predicted molar refractivity (Wildman–Crippen MR) is 91.9 cm³/mol. The van der Waals surface area contributed by atoms with Crippen LogP contribution in [0.25, 0.3) is 0 Å². The maximum atomic E-state index is 12.8. The molecule has 2 atom stereocenters. The van der Waals surface area contributed by atoms with E-state index in [2.05, 4.69) is 5.32 Å². The van der Waals surface area contributed by atoms with E-state index in [4.69, 9.17) is 4.42 Å². The number of β-amino-alcohol motifs (C(OH)–C–C–N with tert-alkyl or cyclic N) is 1. The summed E-state index contributed by atoms with van der Waals surface area (Å²) in [5.41, 5.74) is 1.46. The molecule has 1 aromatic carbocycles.